The lowest BCUT2D eigenvalue weighted by Crippen LogP contribution is -2.22. The summed E-state index contributed by atoms with van der Waals surface area (Å²) < 4.78 is 0. The number of hydrogen-bond acceptors (Lipinski definition) is 1. The van der Waals surface area contributed by atoms with E-state index in [9.17, 15) is 4.79 Å². The van der Waals surface area contributed by atoms with Gasteiger partial charge in [0.2, 0.25) is 0 Å². The van der Waals surface area contributed by atoms with Gasteiger partial charge in [0.05, 0.1) is 8.07 Å². The second-order valence-corrected chi connectivity index (χ2v) is 8.70. The van der Waals surface area contributed by atoms with E-state index in [2.05, 4.69) is 19.6 Å². The first-order chi connectivity index (χ1) is 4.34. The normalized spacial score (nSPS) is 13.4. The highest BCUT2D eigenvalue weighted by Gasteiger charge is 2.15. The Morgan fingerprint density at radius 2 is 1.80 bits per heavy atom. The molecule has 58 valence electrons. The van der Waals surface area contributed by atoms with Gasteiger partial charge < -0.3 is 5.11 Å². The summed E-state index contributed by atoms with van der Waals surface area (Å²) in [5.74, 6) is -0.833. The molecular weight excluding hydrogens is 144 g/mol. The van der Waals surface area contributed by atoms with Crippen LogP contribution < -0.4 is 0 Å². The first-order valence-electron chi connectivity index (χ1n) is 3.26. The van der Waals surface area contributed by atoms with Crippen LogP contribution in [0.2, 0.25) is 19.6 Å². The molecule has 0 aromatic heterocycles. The highest BCUT2D eigenvalue weighted by Crippen LogP contribution is 2.12. The van der Waals surface area contributed by atoms with E-state index in [1.54, 1.807) is 0 Å². The van der Waals surface area contributed by atoms with Gasteiger partial charge in [0.25, 0.3) is 0 Å². The van der Waals surface area contributed by atoms with E-state index in [0.29, 0.717) is 0 Å². The molecule has 0 aliphatic carbocycles. The van der Waals surface area contributed by atoms with Gasteiger partial charge in [0, 0.05) is 6.08 Å². The lowest BCUT2D eigenvalue weighted by Gasteiger charge is -2.15. The lowest BCUT2D eigenvalue weighted by atomic mass is 10.5. The van der Waals surface area contributed by atoms with Crippen LogP contribution in [0.5, 0.6) is 0 Å². The third-order valence-electron chi connectivity index (χ3n) is 1.52. The number of aliphatic carboxylic acids is 1. The third kappa shape index (κ3) is 3.45. The van der Waals surface area contributed by atoms with Gasteiger partial charge in [0.1, 0.15) is 0 Å². The van der Waals surface area contributed by atoms with Crippen LogP contribution in [-0.4, -0.2) is 19.1 Å². The Labute approximate surface area is 62.6 Å². The van der Waals surface area contributed by atoms with Crippen LogP contribution in [0.4, 0.5) is 0 Å². The van der Waals surface area contributed by atoms with Gasteiger partial charge in [-0.15, -0.1) is 0 Å². The van der Waals surface area contributed by atoms with Crippen molar-refractivity contribution in [3.05, 3.63) is 11.3 Å². The first-order valence-corrected chi connectivity index (χ1v) is 6.76. The van der Waals surface area contributed by atoms with Crippen LogP contribution in [0.3, 0.4) is 0 Å². The van der Waals surface area contributed by atoms with Crippen LogP contribution in [0.1, 0.15) is 6.92 Å². The standard InChI is InChI=1S/C7H14O2Si/c1-6(5-7(8)9)10(2,3)4/h5H,1-4H3,(H,8,9)/b6-5-. The average Bonchev–Trinajstić information content (AvgIpc) is 1.60. The van der Waals surface area contributed by atoms with Crippen LogP contribution >= 0.6 is 0 Å². The van der Waals surface area contributed by atoms with Crippen molar-refractivity contribution in [2.24, 2.45) is 0 Å². The molecule has 0 aromatic rings. The Hall–Kier alpha value is -0.573. The minimum atomic E-state index is -1.34. The Kier molecular flexibility index (Phi) is 2.84. The molecule has 0 fully saturated rings. The van der Waals surface area contributed by atoms with Crippen molar-refractivity contribution in [1.29, 1.82) is 0 Å². The molecule has 0 saturated carbocycles. The molecular formula is C7H14O2Si. The summed E-state index contributed by atoms with van der Waals surface area (Å²) in [6.07, 6.45) is 1.31. The molecule has 0 aliphatic heterocycles. The van der Waals surface area contributed by atoms with Crippen molar-refractivity contribution in [3.63, 3.8) is 0 Å². The number of allylic oxidation sites excluding steroid dienone is 1. The fraction of sp³-hybridized carbons (Fsp3) is 0.571. The molecule has 2 nitrogen and oxygen atoms in total. The van der Waals surface area contributed by atoms with Crippen molar-refractivity contribution in [2.75, 3.05) is 0 Å². The van der Waals surface area contributed by atoms with E-state index in [0.717, 1.165) is 5.20 Å². The Morgan fingerprint density at radius 3 is 1.90 bits per heavy atom. The number of rotatable bonds is 2. The predicted molar refractivity (Wildman–Crippen MR) is 44.7 cm³/mol. The molecule has 0 radical (unpaired) electrons. The van der Waals surface area contributed by atoms with Crippen LogP contribution in [0.15, 0.2) is 11.3 Å². The molecule has 10 heavy (non-hydrogen) atoms. The summed E-state index contributed by atoms with van der Waals surface area (Å²) in [5, 5.41) is 9.42. The smallest absolute Gasteiger partial charge is 0.327 e. The molecule has 0 saturated heterocycles. The molecule has 0 heterocycles. The predicted octanol–water partition coefficient (Wildman–Crippen LogP) is 1.89. The lowest BCUT2D eigenvalue weighted by molar-refractivity contribution is -0.131. The molecule has 0 atom stereocenters. The zero-order valence-electron chi connectivity index (χ0n) is 6.93. The Morgan fingerprint density at radius 1 is 1.40 bits per heavy atom. The third-order valence-corrected chi connectivity index (χ3v) is 4.03. The summed E-state index contributed by atoms with van der Waals surface area (Å²) in [6.45, 7) is 8.27. The summed E-state index contributed by atoms with van der Waals surface area (Å²) in [5.41, 5.74) is 0. The van der Waals surface area contributed by atoms with Crippen LogP contribution in [0, 0.1) is 0 Å². The van der Waals surface area contributed by atoms with Crippen molar-refractivity contribution >= 4 is 14.0 Å². The van der Waals surface area contributed by atoms with E-state index in [1.807, 2.05) is 6.92 Å². The zero-order valence-corrected chi connectivity index (χ0v) is 7.93. The molecule has 0 rings (SSSR count). The minimum Gasteiger partial charge on any atom is -0.478 e. The molecule has 3 heteroatoms. The van der Waals surface area contributed by atoms with Gasteiger partial charge in [-0.25, -0.2) is 4.79 Å². The monoisotopic (exact) mass is 158 g/mol. The van der Waals surface area contributed by atoms with Crippen LogP contribution in [0.25, 0.3) is 0 Å². The van der Waals surface area contributed by atoms with E-state index < -0.39 is 14.0 Å². The molecule has 1 N–H and O–H groups in total. The van der Waals surface area contributed by atoms with Gasteiger partial charge in [-0.2, -0.15) is 0 Å². The molecule has 0 spiro atoms. The maximum atomic E-state index is 10.2. The maximum absolute atomic E-state index is 10.2. The Balaban J connectivity index is 4.35. The second-order valence-electron chi connectivity index (χ2n) is 3.42. The molecule has 0 amide bonds. The van der Waals surface area contributed by atoms with Crippen molar-refractivity contribution in [2.45, 2.75) is 26.6 Å². The van der Waals surface area contributed by atoms with Crippen molar-refractivity contribution in [1.82, 2.24) is 0 Å². The first kappa shape index (κ1) is 9.43. The van der Waals surface area contributed by atoms with Gasteiger partial charge in [-0.3, -0.25) is 0 Å². The maximum Gasteiger partial charge on any atom is 0.327 e. The van der Waals surface area contributed by atoms with Gasteiger partial charge in [-0.05, 0) is 6.92 Å². The van der Waals surface area contributed by atoms with Gasteiger partial charge in [-0.1, -0.05) is 24.8 Å². The average molecular weight is 158 g/mol. The molecule has 0 bridgehead atoms. The molecule has 0 aromatic carbocycles. The van der Waals surface area contributed by atoms with Gasteiger partial charge >= 0.3 is 5.97 Å². The summed E-state index contributed by atoms with van der Waals surface area (Å²) in [4.78, 5) is 10.2. The Bertz CT molecular complexity index is 165. The second kappa shape index (κ2) is 3.01. The number of carboxylic acid groups (broad SMARTS) is 1. The summed E-state index contributed by atoms with van der Waals surface area (Å²) in [7, 11) is -1.34. The highest BCUT2D eigenvalue weighted by molar-refractivity contribution is 6.83. The fourth-order valence-electron chi connectivity index (χ4n) is 0.402. The zero-order chi connectivity index (χ0) is 8.36. The summed E-state index contributed by atoms with van der Waals surface area (Å²) >= 11 is 0. The van der Waals surface area contributed by atoms with Gasteiger partial charge in [0.15, 0.2) is 0 Å². The topological polar surface area (TPSA) is 37.3 Å². The van der Waals surface area contributed by atoms with E-state index >= 15 is 0 Å². The number of carboxylic acids is 1. The van der Waals surface area contributed by atoms with E-state index in [-0.39, 0.29) is 0 Å². The van der Waals surface area contributed by atoms with Crippen molar-refractivity contribution in [3.8, 4) is 0 Å². The number of carbonyl (C=O) groups is 1. The highest BCUT2D eigenvalue weighted by atomic mass is 28.3. The minimum absolute atomic E-state index is 0.833. The summed E-state index contributed by atoms with van der Waals surface area (Å²) in [6, 6.07) is 0. The van der Waals surface area contributed by atoms with Crippen LogP contribution in [-0.2, 0) is 4.79 Å². The molecule has 0 aliphatic rings. The largest absolute Gasteiger partial charge is 0.478 e. The SMILES string of the molecule is C/C(=C/C(=O)O)[Si](C)(C)C. The van der Waals surface area contributed by atoms with Crippen molar-refractivity contribution < 1.29 is 9.90 Å². The molecule has 0 unspecified atom stereocenters. The number of hydrogen-bond donors (Lipinski definition) is 1. The quantitative estimate of drug-likeness (QED) is 0.492. The van der Waals surface area contributed by atoms with E-state index in [1.165, 1.54) is 6.08 Å². The van der Waals surface area contributed by atoms with E-state index in [4.69, 9.17) is 5.11 Å². The fourth-order valence-corrected chi connectivity index (χ4v) is 0.958.